The fraction of sp³-hybridized carbons (Fsp3) is 0.231. The number of carbonyl (C=O) groups is 2. The summed E-state index contributed by atoms with van der Waals surface area (Å²) < 4.78 is 9.85. The van der Waals surface area contributed by atoms with Crippen molar-refractivity contribution in [2.75, 3.05) is 13.2 Å². The molecule has 94 valence electrons. The van der Waals surface area contributed by atoms with Crippen LogP contribution in [0.5, 0.6) is 5.75 Å². The summed E-state index contributed by atoms with van der Waals surface area (Å²) >= 11 is 0. The predicted octanol–water partition coefficient (Wildman–Crippen LogP) is 1.57. The Kier molecular flexibility index (Phi) is 4.76. The lowest BCUT2D eigenvalue weighted by Crippen LogP contribution is -2.12. The zero-order chi connectivity index (χ0) is 13.5. The van der Waals surface area contributed by atoms with E-state index in [1.807, 2.05) is 0 Å². The van der Waals surface area contributed by atoms with E-state index in [2.05, 4.69) is 5.92 Å². The van der Waals surface area contributed by atoms with Crippen molar-refractivity contribution < 1.29 is 24.2 Å². The molecule has 0 aliphatic carbocycles. The summed E-state index contributed by atoms with van der Waals surface area (Å²) in [5.41, 5.74) is -0.194. The average molecular weight is 248 g/mol. The Morgan fingerprint density at radius 3 is 2.67 bits per heavy atom. The Hall–Kier alpha value is -2.48. The van der Waals surface area contributed by atoms with Crippen LogP contribution in [0.25, 0.3) is 0 Å². The number of hydrogen-bond donors (Lipinski definition) is 1. The van der Waals surface area contributed by atoms with Crippen LogP contribution in [0.3, 0.4) is 0 Å². The number of benzene rings is 1. The van der Waals surface area contributed by atoms with E-state index in [1.54, 1.807) is 6.92 Å². The summed E-state index contributed by atoms with van der Waals surface area (Å²) in [6.07, 6.45) is 5.03. The van der Waals surface area contributed by atoms with Crippen LogP contribution >= 0.6 is 0 Å². The van der Waals surface area contributed by atoms with E-state index in [-0.39, 0.29) is 24.3 Å². The van der Waals surface area contributed by atoms with Crippen molar-refractivity contribution in [2.45, 2.75) is 6.92 Å². The fourth-order valence-corrected chi connectivity index (χ4v) is 1.30. The second kappa shape index (κ2) is 6.30. The van der Waals surface area contributed by atoms with Crippen LogP contribution in [-0.4, -0.2) is 30.3 Å². The molecule has 0 unspecified atom stereocenters. The van der Waals surface area contributed by atoms with Crippen LogP contribution in [0.2, 0.25) is 0 Å². The molecule has 1 rings (SSSR count). The Labute approximate surface area is 104 Å². The Morgan fingerprint density at radius 1 is 1.39 bits per heavy atom. The van der Waals surface area contributed by atoms with Gasteiger partial charge < -0.3 is 14.6 Å². The maximum absolute atomic E-state index is 11.5. The zero-order valence-corrected chi connectivity index (χ0v) is 9.80. The fourth-order valence-electron chi connectivity index (χ4n) is 1.30. The normalized spacial score (nSPS) is 9.33. The van der Waals surface area contributed by atoms with E-state index >= 15 is 0 Å². The van der Waals surface area contributed by atoms with Gasteiger partial charge in [0.1, 0.15) is 12.4 Å². The highest BCUT2D eigenvalue weighted by molar-refractivity contribution is 6.02. The molecule has 0 spiro atoms. The van der Waals surface area contributed by atoms with Crippen molar-refractivity contribution in [3.05, 3.63) is 29.3 Å². The molecule has 5 nitrogen and oxygen atoms in total. The maximum atomic E-state index is 11.5. The van der Waals surface area contributed by atoms with Gasteiger partial charge in [-0.05, 0) is 25.1 Å². The van der Waals surface area contributed by atoms with Crippen molar-refractivity contribution in [1.82, 2.24) is 0 Å². The van der Waals surface area contributed by atoms with Gasteiger partial charge >= 0.3 is 11.9 Å². The smallest absolute Gasteiger partial charge is 0.339 e. The number of hydrogen-bond acceptors (Lipinski definition) is 4. The number of aromatic carboxylic acids is 1. The standard InChI is InChI=1S/C13H12O5/c1-3-7-18-9-5-6-10(13(16)17-4-2)11(8-9)12(14)15/h1,5-6,8H,4,7H2,2H3,(H,14,15). The van der Waals surface area contributed by atoms with Gasteiger partial charge in [0.15, 0.2) is 0 Å². The Bertz CT molecular complexity index is 499. The predicted molar refractivity (Wildman–Crippen MR) is 63.7 cm³/mol. The summed E-state index contributed by atoms with van der Waals surface area (Å²) in [7, 11) is 0. The second-order valence-corrected chi connectivity index (χ2v) is 3.23. The molecule has 1 N–H and O–H groups in total. The SMILES string of the molecule is C#CCOc1ccc(C(=O)OCC)c(C(=O)O)c1. The number of rotatable bonds is 5. The minimum absolute atomic E-state index is 0.0163. The molecule has 0 saturated heterocycles. The maximum Gasteiger partial charge on any atom is 0.339 e. The number of carbonyl (C=O) groups excluding carboxylic acids is 1. The van der Waals surface area contributed by atoms with E-state index in [4.69, 9.17) is 21.0 Å². The molecular formula is C13H12O5. The molecule has 1 aromatic carbocycles. The Morgan fingerprint density at radius 2 is 2.11 bits per heavy atom. The molecule has 0 radical (unpaired) electrons. The molecule has 0 aliphatic heterocycles. The summed E-state index contributed by atoms with van der Waals surface area (Å²) in [6.45, 7) is 1.84. The van der Waals surface area contributed by atoms with E-state index in [1.165, 1.54) is 18.2 Å². The first-order valence-corrected chi connectivity index (χ1v) is 5.20. The lowest BCUT2D eigenvalue weighted by molar-refractivity contribution is 0.0514. The summed E-state index contributed by atoms with van der Waals surface area (Å²) in [6, 6.07) is 4.05. The number of terminal acetylenes is 1. The van der Waals surface area contributed by atoms with Crippen LogP contribution in [0, 0.1) is 12.3 Å². The lowest BCUT2D eigenvalue weighted by atomic mass is 10.1. The molecule has 0 aromatic heterocycles. The summed E-state index contributed by atoms with van der Waals surface area (Å²) in [4.78, 5) is 22.6. The monoisotopic (exact) mass is 248 g/mol. The van der Waals surface area contributed by atoms with Crippen molar-refractivity contribution in [3.8, 4) is 18.1 Å². The van der Waals surface area contributed by atoms with Crippen molar-refractivity contribution >= 4 is 11.9 Å². The highest BCUT2D eigenvalue weighted by Gasteiger charge is 2.18. The molecule has 0 heterocycles. The number of carboxylic acid groups (broad SMARTS) is 1. The molecule has 0 saturated carbocycles. The van der Waals surface area contributed by atoms with Gasteiger partial charge in [0.05, 0.1) is 17.7 Å². The molecule has 0 aliphatic rings. The highest BCUT2D eigenvalue weighted by atomic mass is 16.5. The topological polar surface area (TPSA) is 72.8 Å². The summed E-state index contributed by atoms with van der Waals surface area (Å²) in [5, 5.41) is 9.03. The van der Waals surface area contributed by atoms with Gasteiger partial charge in [-0.15, -0.1) is 6.42 Å². The van der Waals surface area contributed by atoms with Crippen molar-refractivity contribution in [2.24, 2.45) is 0 Å². The number of carboxylic acids is 1. The summed E-state index contributed by atoms with van der Waals surface area (Å²) in [5.74, 6) is 0.637. The van der Waals surface area contributed by atoms with E-state index in [9.17, 15) is 9.59 Å². The minimum Gasteiger partial charge on any atom is -0.481 e. The Balaban J connectivity index is 3.09. The van der Waals surface area contributed by atoms with Gasteiger partial charge in [-0.25, -0.2) is 9.59 Å². The highest BCUT2D eigenvalue weighted by Crippen LogP contribution is 2.19. The van der Waals surface area contributed by atoms with Gasteiger partial charge in [-0.2, -0.15) is 0 Å². The third-order valence-corrected chi connectivity index (χ3v) is 2.04. The minimum atomic E-state index is -1.23. The first-order chi connectivity index (χ1) is 8.60. The third-order valence-electron chi connectivity index (χ3n) is 2.04. The molecule has 0 bridgehead atoms. The van der Waals surface area contributed by atoms with E-state index in [0.717, 1.165) is 0 Å². The first kappa shape index (κ1) is 13.6. The number of ether oxygens (including phenoxy) is 2. The van der Waals surface area contributed by atoms with Gasteiger partial charge in [-0.1, -0.05) is 5.92 Å². The lowest BCUT2D eigenvalue weighted by Gasteiger charge is -2.08. The molecule has 0 atom stereocenters. The van der Waals surface area contributed by atoms with Crippen LogP contribution in [0.1, 0.15) is 27.6 Å². The third kappa shape index (κ3) is 3.25. The molecule has 5 heteroatoms. The molecule has 0 amide bonds. The quantitative estimate of drug-likeness (QED) is 0.632. The van der Waals surface area contributed by atoms with E-state index in [0.29, 0.717) is 5.75 Å². The average Bonchev–Trinajstić information content (AvgIpc) is 2.36. The number of esters is 1. The molecule has 1 aromatic rings. The van der Waals surface area contributed by atoms with Crippen molar-refractivity contribution in [1.29, 1.82) is 0 Å². The molecule has 18 heavy (non-hydrogen) atoms. The van der Waals surface area contributed by atoms with Crippen LogP contribution in [0.4, 0.5) is 0 Å². The van der Waals surface area contributed by atoms with Gasteiger partial charge in [-0.3, -0.25) is 0 Å². The van der Waals surface area contributed by atoms with E-state index < -0.39 is 11.9 Å². The van der Waals surface area contributed by atoms with Gasteiger partial charge in [0, 0.05) is 0 Å². The van der Waals surface area contributed by atoms with Gasteiger partial charge in [0.25, 0.3) is 0 Å². The molecular weight excluding hydrogens is 236 g/mol. The van der Waals surface area contributed by atoms with Crippen molar-refractivity contribution in [3.63, 3.8) is 0 Å². The van der Waals surface area contributed by atoms with Crippen LogP contribution in [0.15, 0.2) is 18.2 Å². The van der Waals surface area contributed by atoms with Crippen LogP contribution in [-0.2, 0) is 4.74 Å². The van der Waals surface area contributed by atoms with Gasteiger partial charge in [0.2, 0.25) is 0 Å². The molecule has 0 fully saturated rings. The zero-order valence-electron chi connectivity index (χ0n) is 9.80. The first-order valence-electron chi connectivity index (χ1n) is 5.20. The second-order valence-electron chi connectivity index (χ2n) is 3.23. The largest absolute Gasteiger partial charge is 0.481 e. The van der Waals surface area contributed by atoms with Crippen LogP contribution < -0.4 is 4.74 Å².